The van der Waals surface area contributed by atoms with Gasteiger partial charge < -0.3 is 13.6 Å². The molecule has 1 aliphatic heterocycles. The van der Waals surface area contributed by atoms with Gasteiger partial charge in [-0.1, -0.05) is 41.5 Å². The van der Waals surface area contributed by atoms with Crippen molar-refractivity contribution in [2.75, 3.05) is 19.8 Å². The van der Waals surface area contributed by atoms with Gasteiger partial charge in [0.2, 0.25) is 0 Å². The first kappa shape index (κ1) is 30.1. The van der Waals surface area contributed by atoms with Crippen LogP contribution in [0.1, 0.15) is 68.7 Å². The Morgan fingerprint density at radius 1 is 0.939 bits per heavy atom. The molecular weight excluding hydrogens is 450 g/mol. The number of rotatable bonds is 7. The van der Waals surface area contributed by atoms with Crippen LogP contribution in [0, 0.1) is 0 Å². The Kier molecular flexibility index (Phi) is 9.42. The molecule has 0 aromatic heterocycles. The molecule has 6 nitrogen and oxygen atoms in total. The molecule has 0 saturated heterocycles. The number of nitrogens with zero attached hydrogens (tertiary/aromatic N) is 1. The van der Waals surface area contributed by atoms with Crippen LogP contribution in [-0.2, 0) is 18.4 Å². The summed E-state index contributed by atoms with van der Waals surface area (Å²) in [6.45, 7) is 28.4. The molecule has 1 amide bonds. The number of carbonyl (C=O) groups is 2. The van der Waals surface area contributed by atoms with Crippen molar-refractivity contribution in [2.45, 2.75) is 117 Å². The van der Waals surface area contributed by atoms with Crippen LogP contribution in [0.5, 0.6) is 0 Å². The standard InChI is InChI=1S/C25H49NO5Si2/c1-23(2,3)31-22(28)26-17-20(27)16-19(14-15-29-32(10,11)24(4,5)6)21(26)18-30-33(12,13)25(7,8)9/h16,21H,14-15,17-18H2,1-13H3. The molecule has 8 heteroatoms. The summed E-state index contributed by atoms with van der Waals surface area (Å²) in [7, 11) is -3.96. The lowest BCUT2D eigenvalue weighted by molar-refractivity contribution is -0.117. The van der Waals surface area contributed by atoms with Gasteiger partial charge in [-0.05, 0) is 75.1 Å². The van der Waals surface area contributed by atoms with Crippen LogP contribution in [-0.4, -0.2) is 64.8 Å². The fourth-order valence-corrected chi connectivity index (χ4v) is 4.97. The van der Waals surface area contributed by atoms with Gasteiger partial charge in [0.15, 0.2) is 22.4 Å². The van der Waals surface area contributed by atoms with Gasteiger partial charge in [-0.25, -0.2) is 4.79 Å². The van der Waals surface area contributed by atoms with E-state index >= 15 is 0 Å². The summed E-state index contributed by atoms with van der Waals surface area (Å²) in [4.78, 5) is 27.2. The molecule has 0 aromatic carbocycles. The lowest BCUT2D eigenvalue weighted by Crippen LogP contribution is -2.53. The average Bonchev–Trinajstić information content (AvgIpc) is 2.56. The van der Waals surface area contributed by atoms with Crippen LogP contribution in [0.25, 0.3) is 0 Å². The molecule has 0 spiro atoms. The van der Waals surface area contributed by atoms with E-state index in [0.717, 1.165) is 5.57 Å². The molecule has 0 saturated carbocycles. The molecule has 0 bridgehead atoms. The average molecular weight is 500 g/mol. The summed E-state index contributed by atoms with van der Waals surface area (Å²) in [5.74, 6) is -0.0910. The van der Waals surface area contributed by atoms with Crippen molar-refractivity contribution in [3.63, 3.8) is 0 Å². The first-order valence-electron chi connectivity index (χ1n) is 12.1. The maximum Gasteiger partial charge on any atom is 0.411 e. The van der Waals surface area contributed by atoms with Gasteiger partial charge in [0.1, 0.15) is 5.60 Å². The molecule has 0 aromatic rings. The second kappa shape index (κ2) is 10.3. The predicted molar refractivity (Wildman–Crippen MR) is 141 cm³/mol. The Labute approximate surface area is 204 Å². The number of hydrogen-bond acceptors (Lipinski definition) is 5. The van der Waals surface area contributed by atoms with Crippen molar-refractivity contribution in [2.24, 2.45) is 0 Å². The van der Waals surface area contributed by atoms with E-state index in [2.05, 4.69) is 67.7 Å². The van der Waals surface area contributed by atoms with E-state index in [-0.39, 0.29) is 28.4 Å². The summed E-state index contributed by atoms with van der Waals surface area (Å²) >= 11 is 0. The van der Waals surface area contributed by atoms with E-state index in [1.165, 1.54) is 0 Å². The Morgan fingerprint density at radius 2 is 1.42 bits per heavy atom. The van der Waals surface area contributed by atoms with E-state index in [1.54, 1.807) is 11.0 Å². The van der Waals surface area contributed by atoms with Crippen molar-refractivity contribution < 1.29 is 23.2 Å². The lowest BCUT2D eigenvalue weighted by atomic mass is 9.97. The molecule has 1 atom stereocenters. The number of amides is 1. The molecule has 1 heterocycles. The molecular formula is C25H49NO5Si2. The minimum absolute atomic E-state index is 0.00698. The fourth-order valence-electron chi connectivity index (χ4n) is 2.92. The highest BCUT2D eigenvalue weighted by atomic mass is 28.4. The maximum absolute atomic E-state index is 13.1. The molecule has 0 radical (unpaired) electrons. The minimum atomic E-state index is -2.05. The Balaban J connectivity index is 3.16. The monoisotopic (exact) mass is 499 g/mol. The predicted octanol–water partition coefficient (Wildman–Crippen LogP) is 6.53. The molecule has 0 N–H and O–H groups in total. The van der Waals surface area contributed by atoms with Crippen LogP contribution >= 0.6 is 0 Å². The second-order valence-corrected chi connectivity index (χ2v) is 22.9. The van der Waals surface area contributed by atoms with E-state index < -0.39 is 28.3 Å². The quantitative estimate of drug-likeness (QED) is 0.372. The van der Waals surface area contributed by atoms with Crippen molar-refractivity contribution >= 4 is 28.5 Å². The summed E-state index contributed by atoms with van der Waals surface area (Å²) in [6, 6.07) is -0.338. The van der Waals surface area contributed by atoms with Gasteiger partial charge in [-0.2, -0.15) is 0 Å². The zero-order chi connectivity index (χ0) is 26.0. The number of ether oxygens (including phenoxy) is 1. The highest BCUT2D eigenvalue weighted by molar-refractivity contribution is 6.74. The zero-order valence-electron chi connectivity index (χ0n) is 23.5. The molecule has 1 unspecified atom stereocenters. The summed E-state index contributed by atoms with van der Waals surface area (Å²) in [5, 5.41) is 0.153. The van der Waals surface area contributed by atoms with Gasteiger partial charge in [-0.3, -0.25) is 9.69 Å². The zero-order valence-corrected chi connectivity index (χ0v) is 25.5. The summed E-state index contributed by atoms with van der Waals surface area (Å²) in [6.07, 6.45) is 1.80. The largest absolute Gasteiger partial charge is 0.444 e. The third kappa shape index (κ3) is 8.64. The molecule has 1 aliphatic rings. The molecule has 0 aliphatic carbocycles. The van der Waals surface area contributed by atoms with Crippen LogP contribution in [0.3, 0.4) is 0 Å². The second-order valence-electron chi connectivity index (χ2n) is 13.2. The first-order valence-corrected chi connectivity index (χ1v) is 17.9. The normalized spacial score (nSPS) is 18.9. The first-order chi connectivity index (χ1) is 14.6. The third-order valence-electron chi connectivity index (χ3n) is 7.17. The van der Waals surface area contributed by atoms with E-state index in [4.69, 9.17) is 13.6 Å². The number of ketones is 1. The van der Waals surface area contributed by atoms with E-state index in [9.17, 15) is 9.59 Å². The SMILES string of the molecule is CC(C)(C)OC(=O)N1CC(=O)C=C(CCO[Si](C)(C)C(C)(C)C)C1CO[Si](C)(C)C(C)(C)C. The van der Waals surface area contributed by atoms with Gasteiger partial charge >= 0.3 is 6.09 Å². The van der Waals surface area contributed by atoms with Gasteiger partial charge in [-0.15, -0.1) is 0 Å². The highest BCUT2D eigenvalue weighted by Gasteiger charge is 2.41. The highest BCUT2D eigenvalue weighted by Crippen LogP contribution is 2.38. The van der Waals surface area contributed by atoms with E-state index in [1.807, 2.05) is 20.8 Å². The van der Waals surface area contributed by atoms with Crippen LogP contribution in [0.2, 0.25) is 36.3 Å². The molecule has 1 rings (SSSR count). The molecule has 0 fully saturated rings. The maximum atomic E-state index is 13.1. The Bertz CT molecular complexity index is 739. The van der Waals surface area contributed by atoms with Crippen molar-refractivity contribution in [3.8, 4) is 0 Å². The van der Waals surface area contributed by atoms with E-state index in [0.29, 0.717) is 19.6 Å². The van der Waals surface area contributed by atoms with Crippen molar-refractivity contribution in [3.05, 3.63) is 11.6 Å². The van der Waals surface area contributed by atoms with Gasteiger partial charge in [0.05, 0.1) is 19.2 Å². The van der Waals surface area contributed by atoms with Crippen LogP contribution in [0.4, 0.5) is 4.79 Å². The Hall–Kier alpha value is -0.966. The number of carbonyl (C=O) groups excluding carboxylic acids is 2. The summed E-state index contributed by atoms with van der Waals surface area (Å²) in [5.41, 5.74) is 0.243. The summed E-state index contributed by atoms with van der Waals surface area (Å²) < 4.78 is 18.5. The van der Waals surface area contributed by atoms with Crippen LogP contribution in [0.15, 0.2) is 11.6 Å². The number of hydrogen-bond donors (Lipinski definition) is 0. The lowest BCUT2D eigenvalue weighted by Gasteiger charge is -2.41. The minimum Gasteiger partial charge on any atom is -0.444 e. The van der Waals surface area contributed by atoms with Gasteiger partial charge in [0.25, 0.3) is 0 Å². The smallest absolute Gasteiger partial charge is 0.411 e. The van der Waals surface area contributed by atoms with Gasteiger partial charge in [0, 0.05) is 6.61 Å². The molecule has 33 heavy (non-hydrogen) atoms. The van der Waals surface area contributed by atoms with Crippen molar-refractivity contribution in [1.82, 2.24) is 4.90 Å². The van der Waals surface area contributed by atoms with Crippen molar-refractivity contribution in [1.29, 1.82) is 0 Å². The fraction of sp³-hybridized carbons (Fsp3) is 0.840. The Morgan fingerprint density at radius 3 is 1.88 bits per heavy atom. The topological polar surface area (TPSA) is 65.1 Å². The third-order valence-corrected chi connectivity index (χ3v) is 16.2. The molecule has 192 valence electrons. The van der Waals surface area contributed by atoms with Crippen LogP contribution < -0.4 is 0 Å².